The smallest absolute Gasteiger partial charge is 0.386 e. The molecule has 2 aromatic rings. The van der Waals surface area contributed by atoms with E-state index in [1.54, 1.807) is 11.8 Å². The normalized spacial score (nSPS) is 18.1. The molecule has 1 saturated heterocycles. The van der Waals surface area contributed by atoms with E-state index < -0.39 is 21.7 Å². The average Bonchev–Trinajstić information content (AvgIpc) is 3.18. The Hall–Kier alpha value is -2.00. The van der Waals surface area contributed by atoms with Gasteiger partial charge in [-0.05, 0) is 30.7 Å². The maximum Gasteiger partial charge on any atom is 0.522 e. The quantitative estimate of drug-likeness (QED) is 0.371. The fourth-order valence-corrected chi connectivity index (χ4v) is 4.58. The molecule has 35 heavy (non-hydrogen) atoms. The Morgan fingerprint density at radius 2 is 1.71 bits per heavy atom. The average molecular weight is 556 g/mol. The summed E-state index contributed by atoms with van der Waals surface area (Å²) in [4.78, 5) is 15.0. The number of nitrogens with zero attached hydrogens (tertiary/aromatic N) is 4. The van der Waals surface area contributed by atoms with Gasteiger partial charge in [-0.2, -0.15) is 26.6 Å². The summed E-state index contributed by atoms with van der Waals surface area (Å²) >= 11 is 7.62. The highest BCUT2D eigenvalue weighted by Crippen LogP contribution is 2.42. The van der Waals surface area contributed by atoms with Gasteiger partial charge in [0.15, 0.2) is 0 Å². The van der Waals surface area contributed by atoms with Crippen LogP contribution in [0.1, 0.15) is 25.1 Å². The van der Waals surface area contributed by atoms with Gasteiger partial charge >= 0.3 is 15.6 Å². The van der Waals surface area contributed by atoms with Crippen LogP contribution in [0.3, 0.4) is 0 Å². The van der Waals surface area contributed by atoms with Crippen molar-refractivity contribution in [3.8, 4) is 0 Å². The molecule has 2 aliphatic heterocycles. The van der Waals surface area contributed by atoms with E-state index in [-0.39, 0.29) is 0 Å². The maximum atomic E-state index is 10.7. The van der Waals surface area contributed by atoms with Crippen molar-refractivity contribution >= 4 is 50.9 Å². The molecule has 1 fully saturated rings. The summed E-state index contributed by atoms with van der Waals surface area (Å²) in [5.74, 6) is 2.22. The highest BCUT2D eigenvalue weighted by molar-refractivity contribution is 7.99. The highest BCUT2D eigenvalue weighted by Gasteiger charge is 2.44. The number of halogens is 4. The van der Waals surface area contributed by atoms with Crippen LogP contribution < -0.4 is 15.1 Å². The number of hydrogen-bond donors (Lipinski definition) is 3. The SMILES string of the molecule is CCCNc1nc(N2CCN(c3ccc(Cl)cc3)CC2)nc2c1SCC2O.O=S(=O)(O)C(F)(F)F. The van der Waals surface area contributed by atoms with Crippen molar-refractivity contribution in [2.45, 2.75) is 29.9 Å². The molecule has 3 heterocycles. The Morgan fingerprint density at radius 1 is 1.14 bits per heavy atom. The number of fused-ring (bicyclic) bond motifs is 1. The molecule has 1 aromatic carbocycles. The second kappa shape index (κ2) is 11.4. The third kappa shape index (κ3) is 7.03. The maximum absolute atomic E-state index is 10.7. The van der Waals surface area contributed by atoms with Gasteiger partial charge < -0.3 is 20.2 Å². The number of anilines is 3. The monoisotopic (exact) mass is 555 g/mol. The molecule has 0 radical (unpaired) electrons. The summed E-state index contributed by atoms with van der Waals surface area (Å²) in [6.07, 6.45) is 0.519. The summed E-state index contributed by atoms with van der Waals surface area (Å²) < 4.78 is 57.5. The van der Waals surface area contributed by atoms with Gasteiger partial charge in [-0.3, -0.25) is 4.55 Å². The Balaban J connectivity index is 0.000000371. The van der Waals surface area contributed by atoms with Gasteiger partial charge in [0.25, 0.3) is 0 Å². The fraction of sp³-hybridized carbons (Fsp3) is 0.500. The van der Waals surface area contributed by atoms with Crippen molar-refractivity contribution in [3.05, 3.63) is 35.0 Å². The molecule has 3 N–H and O–H groups in total. The van der Waals surface area contributed by atoms with E-state index in [1.165, 1.54) is 5.69 Å². The molecule has 0 saturated carbocycles. The second-order valence-electron chi connectivity index (χ2n) is 7.71. The second-order valence-corrected chi connectivity index (χ2v) is 10.6. The highest BCUT2D eigenvalue weighted by atomic mass is 35.5. The van der Waals surface area contributed by atoms with Crippen molar-refractivity contribution in [1.29, 1.82) is 0 Å². The molecule has 0 amide bonds. The van der Waals surface area contributed by atoms with E-state index in [0.717, 1.165) is 60.6 Å². The van der Waals surface area contributed by atoms with Gasteiger partial charge in [-0.15, -0.1) is 11.8 Å². The molecule has 0 spiro atoms. The largest absolute Gasteiger partial charge is 0.522 e. The molecule has 15 heteroatoms. The zero-order chi connectivity index (χ0) is 25.8. The van der Waals surface area contributed by atoms with Gasteiger partial charge in [-0.1, -0.05) is 18.5 Å². The number of thioether (sulfide) groups is 1. The summed E-state index contributed by atoms with van der Waals surface area (Å²) in [6, 6.07) is 7.98. The summed E-state index contributed by atoms with van der Waals surface area (Å²) in [6.45, 7) is 6.49. The summed E-state index contributed by atoms with van der Waals surface area (Å²) in [5.41, 5.74) is -3.58. The lowest BCUT2D eigenvalue weighted by atomic mass is 10.2. The third-order valence-electron chi connectivity index (χ3n) is 5.17. The molecule has 2 aliphatic rings. The lowest BCUT2D eigenvalue weighted by Crippen LogP contribution is -2.47. The first kappa shape index (κ1) is 27.6. The zero-order valence-electron chi connectivity index (χ0n) is 18.7. The van der Waals surface area contributed by atoms with Crippen LogP contribution in [0.5, 0.6) is 0 Å². The van der Waals surface area contributed by atoms with Gasteiger partial charge in [0.05, 0.1) is 10.6 Å². The van der Waals surface area contributed by atoms with Crippen LogP contribution in [-0.4, -0.2) is 72.0 Å². The van der Waals surface area contributed by atoms with E-state index in [4.69, 9.17) is 34.5 Å². The van der Waals surface area contributed by atoms with Crippen molar-refractivity contribution in [1.82, 2.24) is 9.97 Å². The Morgan fingerprint density at radius 3 is 2.26 bits per heavy atom. The molecule has 0 bridgehead atoms. The van der Waals surface area contributed by atoms with Gasteiger partial charge in [0.1, 0.15) is 11.9 Å². The number of aliphatic hydroxyl groups excluding tert-OH is 1. The number of alkyl halides is 3. The lowest BCUT2D eigenvalue weighted by Gasteiger charge is -2.36. The molecule has 1 atom stereocenters. The number of nitrogens with one attached hydrogen (secondary N) is 1. The molecule has 1 aromatic heterocycles. The van der Waals surface area contributed by atoms with Gasteiger partial charge in [-0.25, -0.2) is 4.98 Å². The third-order valence-corrected chi connectivity index (χ3v) is 7.18. The molecule has 0 aliphatic carbocycles. The number of aliphatic hydroxyl groups is 1. The van der Waals surface area contributed by atoms with Crippen molar-refractivity contribution < 1.29 is 31.2 Å². The zero-order valence-corrected chi connectivity index (χ0v) is 21.1. The summed E-state index contributed by atoms with van der Waals surface area (Å²) in [5, 5.41) is 14.4. The van der Waals surface area contributed by atoms with Gasteiger partial charge in [0, 0.05) is 49.2 Å². The molecule has 1 unspecified atom stereocenters. The Labute approximate surface area is 210 Å². The first-order valence-corrected chi connectivity index (χ1v) is 13.5. The lowest BCUT2D eigenvalue weighted by molar-refractivity contribution is -0.0510. The fourth-order valence-electron chi connectivity index (χ4n) is 3.39. The summed E-state index contributed by atoms with van der Waals surface area (Å²) in [7, 11) is -5.84. The Bertz CT molecular complexity index is 1110. The minimum Gasteiger partial charge on any atom is -0.386 e. The Kier molecular flexibility index (Phi) is 8.96. The van der Waals surface area contributed by atoms with Crippen LogP contribution in [0, 0.1) is 0 Å². The molecule has 4 rings (SSSR count). The predicted molar refractivity (Wildman–Crippen MR) is 130 cm³/mol. The number of hydrogen-bond acceptors (Lipinski definition) is 9. The molecular weight excluding hydrogens is 531 g/mol. The van der Waals surface area contributed by atoms with Crippen molar-refractivity contribution in [2.75, 3.05) is 53.6 Å². The first-order chi connectivity index (χ1) is 16.4. The van der Waals surface area contributed by atoms with E-state index in [0.29, 0.717) is 11.7 Å². The van der Waals surface area contributed by atoms with E-state index in [9.17, 15) is 18.3 Å². The van der Waals surface area contributed by atoms with Crippen LogP contribution in [0.25, 0.3) is 0 Å². The molecular formula is C20H25ClF3N5O4S2. The van der Waals surface area contributed by atoms with Crippen LogP contribution in [0.4, 0.5) is 30.6 Å². The number of benzene rings is 1. The van der Waals surface area contributed by atoms with Crippen LogP contribution in [0.2, 0.25) is 5.02 Å². The van der Waals surface area contributed by atoms with E-state index >= 15 is 0 Å². The minimum atomic E-state index is -5.84. The minimum absolute atomic E-state index is 0.510. The number of rotatable bonds is 5. The predicted octanol–water partition coefficient (Wildman–Crippen LogP) is 3.81. The standard InChI is InChI=1S/C19H24ClN5OS.CHF3O3S/c1-2-7-21-18-17-16(15(26)12-27-17)22-19(23-18)25-10-8-24(9-11-25)14-5-3-13(20)4-6-14;2-1(3,4)8(5,6)7/h3-6,15,26H,2,7-12H2,1H3,(H,21,22,23);(H,5,6,7). The molecule has 194 valence electrons. The van der Waals surface area contributed by atoms with Crippen LogP contribution >= 0.6 is 23.4 Å². The first-order valence-electron chi connectivity index (χ1n) is 10.7. The van der Waals surface area contributed by atoms with Crippen molar-refractivity contribution in [3.63, 3.8) is 0 Å². The number of piperazine rings is 1. The van der Waals surface area contributed by atoms with Crippen LogP contribution in [-0.2, 0) is 10.1 Å². The molecule has 9 nitrogen and oxygen atoms in total. The topological polar surface area (TPSA) is 119 Å². The van der Waals surface area contributed by atoms with Crippen LogP contribution in [0.15, 0.2) is 29.2 Å². The number of aromatic nitrogens is 2. The van der Waals surface area contributed by atoms with Crippen molar-refractivity contribution in [2.24, 2.45) is 0 Å². The van der Waals surface area contributed by atoms with Gasteiger partial charge in [0.2, 0.25) is 5.95 Å². The van der Waals surface area contributed by atoms with E-state index in [1.807, 2.05) is 12.1 Å². The van der Waals surface area contributed by atoms with E-state index in [2.05, 4.69) is 34.2 Å².